The molecule has 14 heteroatoms. The summed E-state index contributed by atoms with van der Waals surface area (Å²) in [7, 11) is 1.78. The van der Waals surface area contributed by atoms with Crippen LogP contribution in [0.25, 0.3) is 22.6 Å². The first-order chi connectivity index (χ1) is 22.9. The molecule has 1 aliphatic heterocycles. The van der Waals surface area contributed by atoms with E-state index in [0.29, 0.717) is 48.8 Å². The number of esters is 1. The minimum absolute atomic E-state index is 0.220. The van der Waals surface area contributed by atoms with E-state index in [9.17, 15) is 14.4 Å². The maximum atomic E-state index is 14.3. The number of anilines is 1. The molecule has 4 heterocycles. The maximum absolute atomic E-state index is 14.3. The van der Waals surface area contributed by atoms with Crippen molar-refractivity contribution >= 4 is 23.8 Å². The Morgan fingerprint density at radius 2 is 1.85 bits per heavy atom. The van der Waals surface area contributed by atoms with E-state index in [4.69, 9.17) is 9.47 Å². The van der Waals surface area contributed by atoms with Crippen LogP contribution >= 0.6 is 0 Å². The van der Waals surface area contributed by atoms with Crippen LogP contribution in [0.1, 0.15) is 82.5 Å². The van der Waals surface area contributed by atoms with E-state index in [1.165, 1.54) is 4.80 Å². The Labute approximate surface area is 280 Å². The Morgan fingerprint density at radius 1 is 1.10 bits per heavy atom. The van der Waals surface area contributed by atoms with Crippen molar-refractivity contribution in [3.05, 3.63) is 59.9 Å². The number of hydrogen-bond donors (Lipinski definition) is 0. The molecule has 0 spiro atoms. The molecule has 0 N–H and O–H groups in total. The molecular formula is C34H43N9O5. The van der Waals surface area contributed by atoms with Gasteiger partial charge in [0.05, 0.1) is 12.2 Å². The molecule has 4 aromatic rings. The summed E-state index contributed by atoms with van der Waals surface area (Å²) in [4.78, 5) is 48.5. The van der Waals surface area contributed by atoms with E-state index in [0.717, 1.165) is 23.1 Å². The van der Waals surface area contributed by atoms with Crippen LogP contribution in [0.5, 0.6) is 0 Å². The van der Waals surface area contributed by atoms with E-state index >= 15 is 0 Å². The molecule has 0 saturated carbocycles. The molecule has 0 aliphatic carbocycles. The van der Waals surface area contributed by atoms with Gasteiger partial charge in [-0.25, -0.2) is 9.78 Å². The van der Waals surface area contributed by atoms with Crippen LogP contribution in [0.4, 0.5) is 10.6 Å². The normalized spacial score (nSPS) is 15.6. The molecule has 1 aromatic carbocycles. The van der Waals surface area contributed by atoms with Gasteiger partial charge in [-0.1, -0.05) is 32.0 Å². The number of pyridine rings is 1. The van der Waals surface area contributed by atoms with E-state index in [-0.39, 0.29) is 24.3 Å². The molecular weight excluding hydrogens is 614 g/mol. The molecule has 3 aromatic heterocycles. The van der Waals surface area contributed by atoms with E-state index in [2.05, 4.69) is 25.5 Å². The van der Waals surface area contributed by atoms with Gasteiger partial charge < -0.3 is 14.4 Å². The predicted molar refractivity (Wildman–Crippen MR) is 178 cm³/mol. The number of tetrazole rings is 1. The Balaban J connectivity index is 1.42. The molecule has 0 bridgehead atoms. The minimum Gasteiger partial charge on any atom is -0.444 e. The molecule has 0 radical (unpaired) electrons. The van der Waals surface area contributed by atoms with Crippen LogP contribution in [0.3, 0.4) is 0 Å². The summed E-state index contributed by atoms with van der Waals surface area (Å²) in [5.74, 6) is 0.306. The Morgan fingerprint density at radius 3 is 2.52 bits per heavy atom. The van der Waals surface area contributed by atoms with E-state index < -0.39 is 17.9 Å². The van der Waals surface area contributed by atoms with Crippen molar-refractivity contribution in [2.75, 3.05) is 18.0 Å². The number of aromatic nitrogens is 7. The van der Waals surface area contributed by atoms with Gasteiger partial charge in [0.25, 0.3) is 5.91 Å². The minimum atomic E-state index is -0.674. The van der Waals surface area contributed by atoms with Crippen LogP contribution in [0.15, 0.2) is 48.8 Å². The van der Waals surface area contributed by atoms with Crippen LogP contribution in [-0.4, -0.2) is 82.6 Å². The van der Waals surface area contributed by atoms with Gasteiger partial charge in [-0.05, 0) is 75.1 Å². The smallest absolute Gasteiger partial charge is 0.410 e. The molecule has 2 unspecified atom stereocenters. The molecule has 14 nitrogen and oxygen atoms in total. The van der Waals surface area contributed by atoms with Gasteiger partial charge in [-0.3, -0.25) is 19.2 Å². The number of benzene rings is 1. The average Bonchev–Trinajstić information content (AvgIpc) is 3.70. The number of piperidine rings is 1. The summed E-state index contributed by atoms with van der Waals surface area (Å²) in [6.07, 6.45) is 4.46. The molecule has 2 atom stereocenters. The fourth-order valence-electron chi connectivity index (χ4n) is 5.64. The van der Waals surface area contributed by atoms with Crippen LogP contribution in [-0.2, 0) is 21.3 Å². The lowest BCUT2D eigenvalue weighted by Gasteiger charge is -2.39. The average molecular weight is 658 g/mol. The third-order valence-electron chi connectivity index (χ3n) is 8.03. The number of carbonyl (C=O) groups excluding carboxylic acids is 3. The van der Waals surface area contributed by atoms with Gasteiger partial charge in [0.2, 0.25) is 12.1 Å². The lowest BCUT2D eigenvalue weighted by Crippen LogP contribution is -2.53. The number of carbonyl (C=O) groups is 3. The van der Waals surface area contributed by atoms with Crippen molar-refractivity contribution in [2.45, 2.75) is 85.1 Å². The molecule has 1 fully saturated rings. The highest BCUT2D eigenvalue weighted by Crippen LogP contribution is 2.32. The monoisotopic (exact) mass is 657 g/mol. The highest BCUT2D eigenvalue weighted by Gasteiger charge is 2.35. The van der Waals surface area contributed by atoms with E-state index in [1.54, 1.807) is 53.0 Å². The summed E-state index contributed by atoms with van der Waals surface area (Å²) in [6.45, 7) is 11.9. The third kappa shape index (κ3) is 7.53. The number of amides is 2. The van der Waals surface area contributed by atoms with E-state index in [1.807, 2.05) is 58.9 Å². The molecule has 48 heavy (non-hydrogen) atoms. The number of aryl methyl sites for hydroxylation is 2. The number of likely N-dealkylation sites (tertiary alicyclic amines) is 1. The summed E-state index contributed by atoms with van der Waals surface area (Å²) in [5, 5.41) is 17.3. The van der Waals surface area contributed by atoms with Gasteiger partial charge in [-0.15, -0.1) is 15.0 Å². The first kappa shape index (κ1) is 34.2. The Kier molecular flexibility index (Phi) is 10.2. The zero-order valence-electron chi connectivity index (χ0n) is 28.6. The number of nitrogens with zero attached hydrogens (tertiary/aromatic N) is 9. The third-order valence-corrected chi connectivity index (χ3v) is 8.03. The van der Waals surface area contributed by atoms with Crippen molar-refractivity contribution < 1.29 is 23.9 Å². The van der Waals surface area contributed by atoms with Crippen LogP contribution in [0, 0.1) is 6.92 Å². The highest BCUT2D eigenvalue weighted by molar-refractivity contribution is 6.06. The van der Waals surface area contributed by atoms with Gasteiger partial charge in [-0.2, -0.15) is 5.10 Å². The lowest BCUT2D eigenvalue weighted by molar-refractivity contribution is -0.155. The van der Waals surface area contributed by atoms with Crippen molar-refractivity contribution in [2.24, 2.45) is 7.05 Å². The standard InChI is InChI=1S/C34H43N9O5/c1-8-27(47-28(44)9-2)43-38-30(37-39-43)29-26(20-36-40(29)7)23-14-16-24(17-15-23)32(45)42(31-22(3)12-10-18-35-31)25-13-11-19-41(21-25)33(46)48-34(4,5)6/h10,12,14-18,20,25,27H,8-9,11,13,19,21H2,1-7H3. The van der Waals surface area contributed by atoms with Crippen molar-refractivity contribution in [3.63, 3.8) is 0 Å². The van der Waals surface area contributed by atoms with Crippen LogP contribution in [0.2, 0.25) is 0 Å². The summed E-state index contributed by atoms with van der Waals surface area (Å²) >= 11 is 0. The van der Waals surface area contributed by atoms with Crippen molar-refractivity contribution in [1.82, 2.24) is 39.9 Å². The highest BCUT2D eigenvalue weighted by atomic mass is 16.6. The van der Waals surface area contributed by atoms with Crippen molar-refractivity contribution in [3.8, 4) is 22.6 Å². The first-order valence-corrected chi connectivity index (χ1v) is 16.2. The number of rotatable bonds is 9. The van der Waals surface area contributed by atoms with Gasteiger partial charge in [0.1, 0.15) is 17.1 Å². The molecule has 2 amide bonds. The number of ether oxygens (including phenoxy) is 2. The lowest BCUT2D eigenvalue weighted by atomic mass is 10.0. The predicted octanol–water partition coefficient (Wildman–Crippen LogP) is 5.35. The Hall–Kier alpha value is -5.14. The SMILES string of the molecule is CCC(=O)OC(CC)n1nnc(-c2c(-c3ccc(C(=O)N(c4ncccc4C)C4CCCN(C(=O)OC(C)(C)C)C4)cc3)cnn2C)n1. The number of hydrogen-bond acceptors (Lipinski definition) is 10. The zero-order chi connectivity index (χ0) is 34.6. The van der Waals surface area contributed by atoms with Gasteiger partial charge >= 0.3 is 12.1 Å². The first-order valence-electron chi connectivity index (χ1n) is 16.2. The summed E-state index contributed by atoms with van der Waals surface area (Å²) < 4.78 is 12.8. The zero-order valence-corrected chi connectivity index (χ0v) is 28.6. The maximum Gasteiger partial charge on any atom is 0.410 e. The molecule has 254 valence electrons. The van der Waals surface area contributed by atoms with Gasteiger partial charge in [0.15, 0.2) is 0 Å². The van der Waals surface area contributed by atoms with Gasteiger partial charge in [0, 0.05) is 50.3 Å². The largest absolute Gasteiger partial charge is 0.444 e. The Bertz CT molecular complexity index is 1760. The second-order valence-corrected chi connectivity index (χ2v) is 12.8. The van der Waals surface area contributed by atoms with Crippen molar-refractivity contribution in [1.29, 1.82) is 0 Å². The second-order valence-electron chi connectivity index (χ2n) is 12.8. The quantitative estimate of drug-likeness (QED) is 0.216. The summed E-state index contributed by atoms with van der Waals surface area (Å²) in [6, 6.07) is 10.7. The van der Waals surface area contributed by atoms with Crippen LogP contribution < -0.4 is 4.90 Å². The topological polar surface area (TPSA) is 150 Å². The molecule has 5 rings (SSSR count). The molecule has 1 aliphatic rings. The summed E-state index contributed by atoms with van der Waals surface area (Å²) in [5.41, 5.74) is 2.86. The fraction of sp³-hybridized carbons (Fsp3) is 0.471. The second kappa shape index (κ2) is 14.3. The molecule has 1 saturated heterocycles. The fourth-order valence-corrected chi connectivity index (χ4v) is 5.64.